The Morgan fingerprint density at radius 3 is 2.13 bits per heavy atom. The topological polar surface area (TPSA) is 153 Å². The molecular formula is C36H41Cl3F3N7O4. The SMILES string of the molecule is COCc1cc(C)n2ncc(C(=O)NC3CCC(C(=O)Nc4ccc(F)cc4Cl)CC3)c2n1.Cl.NC1CCC(C(=O)Nc2c(F)cc(F)cc2Cl)CC1. The van der Waals surface area contributed by atoms with Crippen LogP contribution in [0, 0.1) is 36.2 Å². The Labute approximate surface area is 320 Å². The highest BCUT2D eigenvalue weighted by atomic mass is 35.5. The summed E-state index contributed by atoms with van der Waals surface area (Å²) in [6.07, 6.45) is 7.01. The number of carbonyl (C=O) groups is 3. The molecule has 2 aromatic heterocycles. The molecule has 53 heavy (non-hydrogen) atoms. The highest BCUT2D eigenvalue weighted by Gasteiger charge is 2.29. The van der Waals surface area contributed by atoms with E-state index in [4.69, 9.17) is 33.7 Å². The molecule has 2 aromatic carbocycles. The molecule has 2 aliphatic rings. The third kappa shape index (κ3) is 10.8. The Kier molecular flexibility index (Phi) is 14.9. The van der Waals surface area contributed by atoms with Gasteiger partial charge in [0.2, 0.25) is 11.8 Å². The number of amides is 3. The van der Waals surface area contributed by atoms with Crippen LogP contribution in [0.3, 0.4) is 0 Å². The first kappa shape index (κ1) is 41.8. The number of hydrogen-bond donors (Lipinski definition) is 4. The van der Waals surface area contributed by atoms with Gasteiger partial charge in [0.1, 0.15) is 17.2 Å². The van der Waals surface area contributed by atoms with E-state index in [0.29, 0.717) is 68.1 Å². The van der Waals surface area contributed by atoms with Crippen molar-refractivity contribution in [2.45, 2.75) is 77.0 Å². The highest BCUT2D eigenvalue weighted by Crippen LogP contribution is 2.31. The molecule has 6 rings (SSSR count). The van der Waals surface area contributed by atoms with Gasteiger partial charge in [-0.05, 0) is 88.6 Å². The number of anilines is 2. The minimum atomic E-state index is -0.870. The summed E-state index contributed by atoms with van der Waals surface area (Å²) in [5.41, 5.74) is 8.47. The number of nitrogens with one attached hydrogen (secondary N) is 3. The van der Waals surface area contributed by atoms with Crippen molar-refractivity contribution in [2.24, 2.45) is 17.6 Å². The van der Waals surface area contributed by atoms with Crippen LogP contribution in [0.1, 0.15) is 73.1 Å². The number of ether oxygens (including phenoxy) is 1. The number of rotatable bonds is 8. The number of methoxy groups -OCH3 is 1. The monoisotopic (exact) mass is 797 g/mol. The van der Waals surface area contributed by atoms with Gasteiger partial charge in [-0.1, -0.05) is 23.2 Å². The van der Waals surface area contributed by atoms with E-state index in [-0.39, 0.29) is 69.8 Å². The van der Waals surface area contributed by atoms with Gasteiger partial charge in [-0.25, -0.2) is 22.7 Å². The molecular weight excluding hydrogens is 758 g/mol. The first-order valence-electron chi connectivity index (χ1n) is 16.9. The number of benzene rings is 2. The van der Waals surface area contributed by atoms with Crippen LogP contribution < -0.4 is 21.7 Å². The molecule has 2 fully saturated rings. The molecule has 4 aromatic rings. The molecule has 2 heterocycles. The minimum absolute atomic E-state index is 0. The molecule has 5 N–H and O–H groups in total. The average molecular weight is 799 g/mol. The second-order valence-corrected chi connectivity index (χ2v) is 13.9. The van der Waals surface area contributed by atoms with Gasteiger partial charge in [-0.3, -0.25) is 14.4 Å². The van der Waals surface area contributed by atoms with Crippen LogP contribution in [0.5, 0.6) is 0 Å². The predicted octanol–water partition coefficient (Wildman–Crippen LogP) is 7.40. The second kappa shape index (κ2) is 18.9. The van der Waals surface area contributed by atoms with Crippen molar-refractivity contribution in [3.8, 4) is 0 Å². The first-order chi connectivity index (χ1) is 24.8. The average Bonchev–Trinajstić information content (AvgIpc) is 3.53. The quantitative estimate of drug-likeness (QED) is 0.145. The summed E-state index contributed by atoms with van der Waals surface area (Å²) >= 11 is 11.7. The molecule has 3 amide bonds. The molecule has 2 saturated carbocycles. The van der Waals surface area contributed by atoms with E-state index in [1.54, 1.807) is 11.6 Å². The zero-order valence-corrected chi connectivity index (χ0v) is 31.4. The van der Waals surface area contributed by atoms with Gasteiger partial charge in [0.15, 0.2) is 11.5 Å². The third-order valence-corrected chi connectivity index (χ3v) is 9.87. The molecule has 2 aliphatic carbocycles. The van der Waals surface area contributed by atoms with Gasteiger partial charge in [-0.15, -0.1) is 12.4 Å². The van der Waals surface area contributed by atoms with Crippen molar-refractivity contribution in [1.82, 2.24) is 19.9 Å². The molecule has 0 bridgehead atoms. The Morgan fingerprint density at radius 1 is 0.887 bits per heavy atom. The fourth-order valence-electron chi connectivity index (χ4n) is 6.42. The van der Waals surface area contributed by atoms with E-state index < -0.39 is 17.5 Å². The molecule has 0 unspecified atom stereocenters. The lowest BCUT2D eigenvalue weighted by Crippen LogP contribution is -2.39. The standard InChI is InChI=1S/C23H25ClFN5O3.C13H15ClF2N2O.ClH/c1-13-9-17(12-33-2)27-21-18(11-26-30(13)21)23(32)28-16-6-3-14(4-7-16)22(31)29-20-8-5-15(25)10-19(20)24;14-10-5-8(15)6-11(16)12(10)18-13(19)7-1-3-9(17)4-2-7;/h5,8-11,14,16H,3-4,6-7,12H2,1-2H3,(H,28,32)(H,29,31);5-7,9H,1-4,17H2,(H,18,19);1H. The Balaban J connectivity index is 0.000000267. The van der Waals surface area contributed by atoms with Crippen LogP contribution in [-0.2, 0) is 20.9 Å². The maximum Gasteiger partial charge on any atom is 0.256 e. The minimum Gasteiger partial charge on any atom is -0.378 e. The van der Waals surface area contributed by atoms with Crippen molar-refractivity contribution < 1.29 is 32.3 Å². The van der Waals surface area contributed by atoms with E-state index in [9.17, 15) is 27.6 Å². The van der Waals surface area contributed by atoms with Gasteiger partial charge in [0.25, 0.3) is 5.91 Å². The number of aromatic nitrogens is 3. The number of carbonyl (C=O) groups excluding carboxylic acids is 3. The van der Waals surface area contributed by atoms with E-state index in [0.717, 1.165) is 30.3 Å². The molecule has 0 saturated heterocycles. The number of aryl methyl sites for hydroxylation is 1. The van der Waals surface area contributed by atoms with Crippen LogP contribution in [0.15, 0.2) is 42.6 Å². The van der Waals surface area contributed by atoms with Crippen LogP contribution in [-0.4, -0.2) is 51.5 Å². The smallest absolute Gasteiger partial charge is 0.256 e. The summed E-state index contributed by atoms with van der Waals surface area (Å²) in [6, 6.07) is 7.49. The highest BCUT2D eigenvalue weighted by molar-refractivity contribution is 6.34. The Morgan fingerprint density at radius 2 is 1.51 bits per heavy atom. The van der Waals surface area contributed by atoms with Gasteiger partial charge in [-0.2, -0.15) is 5.10 Å². The molecule has 17 heteroatoms. The Hall–Kier alpha value is -3.95. The molecule has 0 radical (unpaired) electrons. The van der Waals surface area contributed by atoms with E-state index in [1.165, 1.54) is 24.4 Å². The van der Waals surface area contributed by atoms with Gasteiger partial charge >= 0.3 is 0 Å². The van der Waals surface area contributed by atoms with E-state index >= 15 is 0 Å². The van der Waals surface area contributed by atoms with Crippen LogP contribution in [0.2, 0.25) is 10.0 Å². The van der Waals surface area contributed by atoms with Crippen molar-refractivity contribution in [3.05, 3.63) is 87.0 Å². The number of hydrogen-bond acceptors (Lipinski definition) is 7. The zero-order valence-electron chi connectivity index (χ0n) is 29.1. The van der Waals surface area contributed by atoms with E-state index in [2.05, 4.69) is 26.0 Å². The zero-order chi connectivity index (χ0) is 37.5. The van der Waals surface area contributed by atoms with Crippen molar-refractivity contribution in [2.75, 3.05) is 17.7 Å². The Bertz CT molecular complexity index is 1910. The molecule has 0 atom stereocenters. The maximum atomic E-state index is 13.5. The molecule has 0 spiro atoms. The number of fused-ring (bicyclic) bond motifs is 1. The van der Waals surface area contributed by atoms with Crippen LogP contribution >= 0.6 is 35.6 Å². The number of nitrogens with zero attached hydrogens (tertiary/aromatic N) is 3. The summed E-state index contributed by atoms with van der Waals surface area (Å²) < 4.78 is 46.4. The largest absolute Gasteiger partial charge is 0.378 e. The lowest BCUT2D eigenvalue weighted by atomic mass is 9.85. The summed E-state index contributed by atoms with van der Waals surface area (Å²) in [4.78, 5) is 42.0. The first-order valence-corrected chi connectivity index (χ1v) is 17.7. The second-order valence-electron chi connectivity index (χ2n) is 13.1. The van der Waals surface area contributed by atoms with Gasteiger partial charge < -0.3 is 26.4 Å². The maximum absolute atomic E-state index is 13.5. The number of nitrogens with two attached hydrogens (primary N) is 1. The summed E-state index contributed by atoms with van der Waals surface area (Å²) in [7, 11) is 1.59. The van der Waals surface area contributed by atoms with E-state index in [1.807, 2.05) is 13.0 Å². The fourth-order valence-corrected chi connectivity index (χ4v) is 6.87. The lowest BCUT2D eigenvalue weighted by molar-refractivity contribution is -0.121. The van der Waals surface area contributed by atoms with Crippen molar-refractivity contribution in [1.29, 1.82) is 0 Å². The summed E-state index contributed by atoms with van der Waals surface area (Å²) in [5, 5.41) is 12.6. The molecule has 286 valence electrons. The summed E-state index contributed by atoms with van der Waals surface area (Å²) in [6.45, 7) is 2.24. The third-order valence-electron chi connectivity index (χ3n) is 9.26. The fraction of sp³-hybridized carbons (Fsp3) is 0.417. The molecule has 11 nitrogen and oxygen atoms in total. The normalized spacial score (nSPS) is 19.7. The van der Waals surface area contributed by atoms with Crippen molar-refractivity contribution in [3.63, 3.8) is 0 Å². The van der Waals surface area contributed by atoms with Gasteiger partial charge in [0.05, 0.1) is 39.9 Å². The molecule has 0 aliphatic heterocycles. The lowest BCUT2D eigenvalue weighted by Gasteiger charge is -2.28. The predicted molar refractivity (Wildman–Crippen MR) is 199 cm³/mol. The summed E-state index contributed by atoms with van der Waals surface area (Å²) in [5.74, 6) is -3.17. The van der Waals surface area contributed by atoms with Crippen LogP contribution in [0.4, 0.5) is 24.5 Å². The number of halogens is 6. The van der Waals surface area contributed by atoms with Crippen molar-refractivity contribution >= 4 is 70.4 Å². The van der Waals surface area contributed by atoms with Gasteiger partial charge in [0, 0.05) is 42.8 Å². The van der Waals surface area contributed by atoms with Crippen LogP contribution in [0.25, 0.3) is 5.65 Å².